The van der Waals surface area contributed by atoms with Crippen molar-refractivity contribution < 1.29 is 13.2 Å². The Labute approximate surface area is 222 Å². The molecule has 0 saturated carbocycles. The van der Waals surface area contributed by atoms with Crippen molar-refractivity contribution in [3.05, 3.63) is 81.9 Å². The zero-order valence-corrected chi connectivity index (χ0v) is 22.9. The first-order valence-electron chi connectivity index (χ1n) is 12.9. The molecular formula is C29H32N4O4S. The first kappa shape index (κ1) is 25.8. The molecule has 0 bridgehead atoms. The zero-order valence-electron chi connectivity index (χ0n) is 22.0. The molecule has 3 heterocycles. The molecule has 1 unspecified atom stereocenters. The number of pyridine rings is 1. The number of aryl methyl sites for hydroxylation is 1. The summed E-state index contributed by atoms with van der Waals surface area (Å²) in [7, 11) is -1.81. The lowest BCUT2D eigenvalue weighted by Crippen LogP contribution is -2.30. The van der Waals surface area contributed by atoms with E-state index in [1.54, 1.807) is 32.3 Å². The molecule has 8 nitrogen and oxygen atoms in total. The number of carbonyl (C=O) groups is 1. The second kappa shape index (κ2) is 9.79. The van der Waals surface area contributed by atoms with Crippen LogP contribution in [0.15, 0.2) is 64.4 Å². The molecule has 5 rings (SSSR count). The number of fused-ring (bicyclic) bond motifs is 2. The molecule has 1 aliphatic heterocycles. The van der Waals surface area contributed by atoms with Gasteiger partial charge in [-0.2, -0.15) is 0 Å². The Hall–Kier alpha value is -3.85. The van der Waals surface area contributed by atoms with Gasteiger partial charge in [-0.25, -0.2) is 8.42 Å². The van der Waals surface area contributed by atoms with Crippen molar-refractivity contribution in [1.29, 1.82) is 0 Å². The summed E-state index contributed by atoms with van der Waals surface area (Å²) in [6.45, 7) is 6.40. The molecule has 0 aliphatic carbocycles. The van der Waals surface area contributed by atoms with Gasteiger partial charge in [0.1, 0.15) is 11.2 Å². The maximum absolute atomic E-state index is 13.2. The summed E-state index contributed by atoms with van der Waals surface area (Å²) in [5, 5.41) is 3.53. The fourth-order valence-electron chi connectivity index (χ4n) is 5.48. The van der Waals surface area contributed by atoms with Crippen molar-refractivity contribution in [2.75, 3.05) is 17.2 Å². The Bertz CT molecular complexity index is 1700. The van der Waals surface area contributed by atoms with Gasteiger partial charge in [0.25, 0.3) is 11.5 Å². The van der Waals surface area contributed by atoms with Crippen LogP contribution >= 0.6 is 0 Å². The minimum Gasteiger partial charge on any atom is -0.360 e. The quantitative estimate of drug-likeness (QED) is 0.364. The van der Waals surface area contributed by atoms with Gasteiger partial charge in [0.2, 0.25) is 0 Å². The van der Waals surface area contributed by atoms with Gasteiger partial charge in [-0.3, -0.25) is 9.59 Å². The standard InChI is InChI=1S/C29H32N4O4S/c1-5-23(18-11-9-8-10-12-18)33-17-22-25-21(20-15-19(13-14-24(20)33)38(36,37)7-3)16-32(4)29(35)27(25)31-26(22)28(34)30-6-2/h8-16,23,31H,5-7,17H2,1-4H3,(H,30,34). The third-order valence-electron chi connectivity index (χ3n) is 7.38. The smallest absolute Gasteiger partial charge is 0.274 e. The van der Waals surface area contributed by atoms with E-state index in [4.69, 9.17) is 0 Å². The number of benzene rings is 2. The summed E-state index contributed by atoms with van der Waals surface area (Å²) in [6.07, 6.45) is 2.52. The van der Waals surface area contributed by atoms with E-state index >= 15 is 0 Å². The van der Waals surface area contributed by atoms with Crippen LogP contribution in [0.2, 0.25) is 0 Å². The van der Waals surface area contributed by atoms with E-state index in [9.17, 15) is 18.0 Å². The highest BCUT2D eigenvalue weighted by Gasteiger charge is 2.33. The Balaban J connectivity index is 1.89. The molecule has 1 aliphatic rings. The fraction of sp³-hybridized carbons (Fsp3) is 0.310. The monoisotopic (exact) mass is 532 g/mol. The number of nitrogens with zero attached hydrogens (tertiary/aromatic N) is 2. The summed E-state index contributed by atoms with van der Waals surface area (Å²) in [5.74, 6) is -0.295. The van der Waals surface area contributed by atoms with Gasteiger partial charge in [0.15, 0.2) is 9.84 Å². The number of H-pyrrole nitrogens is 1. The molecule has 38 heavy (non-hydrogen) atoms. The Morgan fingerprint density at radius 1 is 1.08 bits per heavy atom. The van der Waals surface area contributed by atoms with Crippen LogP contribution in [0, 0.1) is 0 Å². The average molecular weight is 533 g/mol. The number of amides is 1. The number of rotatable bonds is 7. The van der Waals surface area contributed by atoms with Crippen LogP contribution in [-0.4, -0.2) is 36.2 Å². The van der Waals surface area contributed by atoms with Crippen LogP contribution in [-0.2, 0) is 23.4 Å². The lowest BCUT2D eigenvalue weighted by Gasteiger charge is -2.34. The predicted molar refractivity (Wildman–Crippen MR) is 150 cm³/mol. The van der Waals surface area contributed by atoms with Crippen LogP contribution in [0.3, 0.4) is 0 Å². The first-order valence-corrected chi connectivity index (χ1v) is 14.6. The van der Waals surface area contributed by atoms with Crippen molar-refractivity contribution >= 4 is 32.3 Å². The van der Waals surface area contributed by atoms with Gasteiger partial charge in [-0.15, -0.1) is 0 Å². The maximum Gasteiger partial charge on any atom is 0.274 e. The lowest BCUT2D eigenvalue weighted by molar-refractivity contribution is 0.0950. The van der Waals surface area contributed by atoms with Crippen LogP contribution < -0.4 is 15.8 Å². The van der Waals surface area contributed by atoms with E-state index < -0.39 is 9.84 Å². The van der Waals surface area contributed by atoms with E-state index in [0.717, 1.165) is 34.4 Å². The first-order chi connectivity index (χ1) is 18.2. The molecule has 2 aromatic carbocycles. The van der Waals surface area contributed by atoms with E-state index in [0.29, 0.717) is 29.7 Å². The van der Waals surface area contributed by atoms with Crippen molar-refractivity contribution in [2.45, 2.75) is 44.7 Å². The van der Waals surface area contributed by atoms with Gasteiger partial charge in [-0.05, 0) is 37.1 Å². The van der Waals surface area contributed by atoms with E-state index in [1.807, 2.05) is 31.2 Å². The molecule has 198 valence electrons. The minimum atomic E-state index is -3.48. The molecule has 2 aromatic heterocycles. The van der Waals surface area contributed by atoms with Crippen molar-refractivity contribution in [3.63, 3.8) is 0 Å². The number of carbonyl (C=O) groups excluding carboxylic acids is 1. The van der Waals surface area contributed by atoms with Gasteiger partial charge in [0, 0.05) is 54.1 Å². The summed E-state index contributed by atoms with van der Waals surface area (Å²) >= 11 is 0. The highest BCUT2D eigenvalue weighted by Crippen LogP contribution is 2.45. The number of anilines is 1. The van der Waals surface area contributed by atoms with Crippen LogP contribution in [0.5, 0.6) is 0 Å². The van der Waals surface area contributed by atoms with Gasteiger partial charge < -0.3 is 19.8 Å². The van der Waals surface area contributed by atoms with Gasteiger partial charge >= 0.3 is 0 Å². The van der Waals surface area contributed by atoms with E-state index in [-0.39, 0.29) is 28.2 Å². The third-order valence-corrected chi connectivity index (χ3v) is 9.11. The van der Waals surface area contributed by atoms with Crippen LogP contribution in [0.1, 0.15) is 54.8 Å². The van der Waals surface area contributed by atoms with Crippen molar-refractivity contribution in [3.8, 4) is 11.1 Å². The van der Waals surface area contributed by atoms with Gasteiger partial charge in [-0.1, -0.05) is 44.2 Å². The number of aromatic amines is 1. The van der Waals surface area contributed by atoms with Crippen LogP contribution in [0.25, 0.3) is 22.0 Å². The molecule has 0 radical (unpaired) electrons. The van der Waals surface area contributed by atoms with Gasteiger partial charge in [0.05, 0.1) is 16.7 Å². The Morgan fingerprint density at radius 2 is 1.82 bits per heavy atom. The van der Waals surface area contributed by atoms with Crippen molar-refractivity contribution in [2.24, 2.45) is 7.05 Å². The summed E-state index contributed by atoms with van der Waals surface area (Å²) in [4.78, 5) is 32.0. The second-order valence-electron chi connectivity index (χ2n) is 9.59. The van der Waals surface area contributed by atoms with E-state index in [1.165, 1.54) is 4.57 Å². The fourth-order valence-corrected chi connectivity index (χ4v) is 6.39. The largest absolute Gasteiger partial charge is 0.360 e. The van der Waals surface area contributed by atoms with Crippen LogP contribution in [0.4, 0.5) is 5.69 Å². The number of hydrogen-bond acceptors (Lipinski definition) is 5. The normalized spacial score (nSPS) is 13.7. The number of nitrogens with one attached hydrogen (secondary N) is 2. The molecule has 4 aromatic rings. The number of sulfone groups is 1. The molecule has 2 N–H and O–H groups in total. The molecule has 0 spiro atoms. The zero-order chi connectivity index (χ0) is 27.2. The van der Waals surface area contributed by atoms with E-state index in [2.05, 4.69) is 34.3 Å². The molecule has 1 atom stereocenters. The average Bonchev–Trinajstić information content (AvgIpc) is 3.24. The second-order valence-corrected chi connectivity index (χ2v) is 11.9. The van der Waals surface area contributed by atoms with Crippen molar-refractivity contribution in [1.82, 2.24) is 14.9 Å². The lowest BCUT2D eigenvalue weighted by atomic mass is 9.99. The molecule has 9 heteroatoms. The SMILES string of the molecule is CCNC(=O)c1[nH]c2c(=O)n(C)cc3c2c1CN(C(CC)c1ccccc1)c1ccc(S(=O)(=O)CC)cc1-3. The number of hydrogen-bond donors (Lipinski definition) is 2. The Kier molecular flexibility index (Phi) is 6.65. The molecule has 0 fully saturated rings. The third kappa shape index (κ3) is 4.11. The molecule has 1 amide bonds. The summed E-state index contributed by atoms with van der Waals surface area (Å²) in [6, 6.07) is 15.3. The Morgan fingerprint density at radius 3 is 2.47 bits per heavy atom. The molecular weight excluding hydrogens is 500 g/mol. The minimum absolute atomic E-state index is 0.0173. The summed E-state index contributed by atoms with van der Waals surface area (Å²) < 4.78 is 27.3. The highest BCUT2D eigenvalue weighted by atomic mass is 32.2. The number of aromatic nitrogens is 2. The topological polar surface area (TPSA) is 104 Å². The highest BCUT2D eigenvalue weighted by molar-refractivity contribution is 7.91. The maximum atomic E-state index is 13.2. The predicted octanol–water partition coefficient (Wildman–Crippen LogP) is 4.55. The summed E-state index contributed by atoms with van der Waals surface area (Å²) in [5.41, 5.74) is 4.57. The molecule has 0 saturated heterocycles.